The van der Waals surface area contributed by atoms with Gasteiger partial charge in [0.15, 0.2) is 5.78 Å². The third-order valence-corrected chi connectivity index (χ3v) is 6.44. The highest BCUT2D eigenvalue weighted by Gasteiger charge is 2.16. The zero-order valence-corrected chi connectivity index (χ0v) is 19.5. The number of rotatable bonds is 12. The first-order valence-electron chi connectivity index (χ1n) is 10.4. The molecular formula is C23H27N3O4S2. The Kier molecular flexibility index (Phi) is 8.52. The molecule has 3 rings (SSSR count). The van der Waals surface area contributed by atoms with Gasteiger partial charge in [-0.2, -0.15) is 8.42 Å². The molecule has 0 bridgehead atoms. The van der Waals surface area contributed by atoms with E-state index in [1.54, 1.807) is 23.5 Å². The minimum atomic E-state index is -4.30. The van der Waals surface area contributed by atoms with Crippen molar-refractivity contribution in [1.82, 2.24) is 10.3 Å². The number of anilines is 1. The van der Waals surface area contributed by atoms with Gasteiger partial charge in [-0.25, -0.2) is 4.98 Å². The summed E-state index contributed by atoms with van der Waals surface area (Å²) < 4.78 is 32.9. The van der Waals surface area contributed by atoms with Crippen LogP contribution in [0.5, 0.6) is 0 Å². The van der Waals surface area contributed by atoms with Crippen molar-refractivity contribution in [1.29, 1.82) is 0 Å². The fraction of sp³-hybridized carbons (Fsp3) is 0.304. The lowest BCUT2D eigenvalue weighted by Gasteiger charge is -2.17. The SMILES string of the molecule is CCc1csc([C@H](Cc2ccc(NS(=O)(=O)O)cc2)NCCCC(=O)c2ccccc2)n1. The Labute approximate surface area is 192 Å². The van der Waals surface area contributed by atoms with E-state index in [1.165, 1.54) is 0 Å². The number of aryl methyl sites for hydroxylation is 1. The summed E-state index contributed by atoms with van der Waals surface area (Å²) in [6.45, 7) is 2.74. The molecule has 0 aliphatic heterocycles. The van der Waals surface area contributed by atoms with Gasteiger partial charge in [0.1, 0.15) is 5.01 Å². The maximum absolute atomic E-state index is 12.3. The first-order valence-corrected chi connectivity index (χ1v) is 12.8. The van der Waals surface area contributed by atoms with E-state index >= 15 is 0 Å². The summed E-state index contributed by atoms with van der Waals surface area (Å²) in [6, 6.07) is 16.1. The molecule has 170 valence electrons. The molecule has 0 spiro atoms. The number of Topliss-reactive ketones (excluding diaryl/α,β-unsaturated/α-hetero) is 1. The third-order valence-electron chi connectivity index (χ3n) is 4.94. The summed E-state index contributed by atoms with van der Waals surface area (Å²) in [7, 11) is -4.30. The van der Waals surface area contributed by atoms with E-state index in [4.69, 9.17) is 9.54 Å². The largest absolute Gasteiger partial charge is 0.357 e. The lowest BCUT2D eigenvalue weighted by molar-refractivity contribution is 0.0979. The van der Waals surface area contributed by atoms with Crippen molar-refractivity contribution >= 4 is 33.1 Å². The van der Waals surface area contributed by atoms with E-state index in [9.17, 15) is 13.2 Å². The number of carbonyl (C=O) groups is 1. The second-order valence-corrected chi connectivity index (χ2v) is 9.45. The van der Waals surface area contributed by atoms with Crippen LogP contribution in [0.1, 0.15) is 52.4 Å². The van der Waals surface area contributed by atoms with Gasteiger partial charge in [-0.05, 0) is 43.5 Å². The molecule has 0 aliphatic rings. The second-order valence-electron chi connectivity index (χ2n) is 7.41. The van der Waals surface area contributed by atoms with Gasteiger partial charge < -0.3 is 5.32 Å². The number of thiazole rings is 1. The summed E-state index contributed by atoms with van der Waals surface area (Å²) in [5.74, 6) is 0.133. The molecule has 0 saturated carbocycles. The predicted octanol–water partition coefficient (Wildman–Crippen LogP) is 4.46. The van der Waals surface area contributed by atoms with Gasteiger partial charge in [0, 0.05) is 17.4 Å². The van der Waals surface area contributed by atoms with Crippen molar-refractivity contribution in [2.45, 2.75) is 38.6 Å². The highest BCUT2D eigenvalue weighted by molar-refractivity contribution is 7.87. The molecule has 0 fully saturated rings. The van der Waals surface area contributed by atoms with Gasteiger partial charge in [0.05, 0.1) is 17.4 Å². The van der Waals surface area contributed by atoms with Crippen molar-refractivity contribution in [3.63, 3.8) is 0 Å². The minimum absolute atomic E-state index is 0.0208. The lowest BCUT2D eigenvalue weighted by Crippen LogP contribution is -2.25. The molecule has 7 nitrogen and oxygen atoms in total. The fourth-order valence-electron chi connectivity index (χ4n) is 3.28. The highest BCUT2D eigenvalue weighted by atomic mass is 32.2. The standard InChI is InChI=1S/C23H27N3O4S2/c1-2-19-16-31-23(25-19)21(15-17-10-12-20(13-11-17)26-32(28,29)30)24-14-6-9-22(27)18-7-4-3-5-8-18/h3-5,7-8,10-13,16,21,24,26H,2,6,9,14-15H2,1H3,(H,28,29,30)/t21-/m0/s1. The van der Waals surface area contributed by atoms with Gasteiger partial charge in [0.25, 0.3) is 0 Å². The Morgan fingerprint density at radius 3 is 2.47 bits per heavy atom. The van der Waals surface area contributed by atoms with Crippen LogP contribution in [0, 0.1) is 0 Å². The van der Waals surface area contributed by atoms with E-state index in [2.05, 4.69) is 17.6 Å². The number of aromatic nitrogens is 1. The van der Waals surface area contributed by atoms with Crippen LogP contribution >= 0.6 is 11.3 Å². The van der Waals surface area contributed by atoms with Crippen LogP contribution in [0.25, 0.3) is 0 Å². The van der Waals surface area contributed by atoms with Crippen LogP contribution in [0.3, 0.4) is 0 Å². The Hall–Kier alpha value is -2.59. The first kappa shape index (κ1) is 24.1. The molecule has 32 heavy (non-hydrogen) atoms. The minimum Gasteiger partial charge on any atom is -0.308 e. The van der Waals surface area contributed by atoms with E-state index in [0.717, 1.165) is 28.2 Å². The quantitative estimate of drug-likeness (QED) is 0.204. The van der Waals surface area contributed by atoms with Gasteiger partial charge in [-0.1, -0.05) is 49.4 Å². The molecule has 0 saturated heterocycles. The van der Waals surface area contributed by atoms with Gasteiger partial charge in [-0.15, -0.1) is 11.3 Å². The average Bonchev–Trinajstić information content (AvgIpc) is 3.26. The maximum Gasteiger partial charge on any atom is 0.357 e. The summed E-state index contributed by atoms with van der Waals surface area (Å²) in [6.07, 6.45) is 2.71. The number of carbonyl (C=O) groups excluding carboxylic acids is 1. The fourth-order valence-corrected chi connectivity index (χ4v) is 4.69. The van der Waals surface area contributed by atoms with Crippen molar-refractivity contribution < 1.29 is 17.8 Å². The summed E-state index contributed by atoms with van der Waals surface area (Å²) in [4.78, 5) is 17.0. The summed E-state index contributed by atoms with van der Waals surface area (Å²) in [5, 5.41) is 6.57. The molecule has 3 aromatic rings. The van der Waals surface area contributed by atoms with Crippen LogP contribution in [0.2, 0.25) is 0 Å². The van der Waals surface area contributed by atoms with Crippen molar-refractivity contribution in [2.75, 3.05) is 11.3 Å². The number of benzene rings is 2. The van der Waals surface area contributed by atoms with Crippen LogP contribution in [0.4, 0.5) is 5.69 Å². The molecule has 9 heteroatoms. The summed E-state index contributed by atoms with van der Waals surface area (Å²) in [5.41, 5.74) is 3.07. The van der Waals surface area contributed by atoms with Gasteiger partial charge in [0.2, 0.25) is 0 Å². The Morgan fingerprint density at radius 2 is 1.84 bits per heavy atom. The normalized spacial score (nSPS) is 12.4. The van der Waals surface area contributed by atoms with E-state index in [-0.39, 0.29) is 11.8 Å². The van der Waals surface area contributed by atoms with E-state index in [1.807, 2.05) is 47.2 Å². The van der Waals surface area contributed by atoms with Crippen LogP contribution in [-0.4, -0.2) is 30.3 Å². The maximum atomic E-state index is 12.3. The predicted molar refractivity (Wildman–Crippen MR) is 128 cm³/mol. The number of hydrogen-bond donors (Lipinski definition) is 3. The average molecular weight is 474 g/mol. The Bertz CT molecular complexity index is 1110. The number of hydrogen-bond acceptors (Lipinski definition) is 6. The van der Waals surface area contributed by atoms with Crippen molar-refractivity contribution in [3.05, 3.63) is 81.8 Å². The molecule has 0 aliphatic carbocycles. The van der Waals surface area contributed by atoms with Gasteiger partial charge >= 0.3 is 10.3 Å². The molecule has 0 unspecified atom stereocenters. The number of nitrogens with zero attached hydrogens (tertiary/aromatic N) is 1. The Morgan fingerprint density at radius 1 is 1.12 bits per heavy atom. The zero-order valence-electron chi connectivity index (χ0n) is 17.8. The molecule has 1 atom stereocenters. The monoisotopic (exact) mass is 473 g/mol. The molecule has 1 aromatic heterocycles. The second kappa shape index (κ2) is 11.3. The summed E-state index contributed by atoms with van der Waals surface area (Å²) >= 11 is 1.61. The molecule has 2 aromatic carbocycles. The third kappa shape index (κ3) is 7.52. The van der Waals surface area contributed by atoms with Crippen molar-refractivity contribution in [2.24, 2.45) is 0 Å². The highest BCUT2D eigenvalue weighted by Crippen LogP contribution is 2.24. The topological polar surface area (TPSA) is 108 Å². The molecular weight excluding hydrogens is 446 g/mol. The lowest BCUT2D eigenvalue weighted by atomic mass is 10.0. The molecule has 3 N–H and O–H groups in total. The van der Waals surface area contributed by atoms with E-state index in [0.29, 0.717) is 31.5 Å². The first-order chi connectivity index (χ1) is 15.3. The number of nitrogens with one attached hydrogen (secondary N) is 2. The van der Waals surface area contributed by atoms with Gasteiger partial charge in [-0.3, -0.25) is 14.1 Å². The zero-order chi connectivity index (χ0) is 23.0. The van der Waals surface area contributed by atoms with E-state index < -0.39 is 10.3 Å². The van der Waals surface area contributed by atoms with Crippen LogP contribution in [0.15, 0.2) is 60.0 Å². The molecule has 0 radical (unpaired) electrons. The molecule has 1 heterocycles. The van der Waals surface area contributed by atoms with Crippen LogP contribution in [-0.2, 0) is 23.1 Å². The molecule has 0 amide bonds. The number of ketones is 1. The Balaban J connectivity index is 1.61. The smallest absolute Gasteiger partial charge is 0.308 e. The van der Waals surface area contributed by atoms with Crippen molar-refractivity contribution in [3.8, 4) is 0 Å². The van der Waals surface area contributed by atoms with Crippen LogP contribution < -0.4 is 10.0 Å².